The molecule has 1 aliphatic heterocycles. The Kier molecular flexibility index (Phi) is 6.66. The van der Waals surface area contributed by atoms with E-state index in [-0.39, 0.29) is 37.6 Å². The second-order valence-corrected chi connectivity index (χ2v) is 6.97. The molecule has 0 saturated heterocycles. The van der Waals surface area contributed by atoms with E-state index in [1.54, 1.807) is 0 Å². The Morgan fingerprint density at radius 1 is 1.33 bits per heavy atom. The maximum absolute atomic E-state index is 14.0. The number of ether oxygens (including phenoxy) is 3. The Morgan fingerprint density at radius 2 is 2.07 bits per heavy atom. The van der Waals surface area contributed by atoms with Crippen LogP contribution in [0.15, 0.2) is 35.1 Å². The van der Waals surface area contributed by atoms with Crippen LogP contribution in [0.3, 0.4) is 0 Å². The molecule has 1 aromatic carbocycles. The van der Waals surface area contributed by atoms with Crippen molar-refractivity contribution in [3.05, 3.63) is 52.1 Å². The van der Waals surface area contributed by atoms with Gasteiger partial charge in [-0.15, -0.1) is 0 Å². The number of nitrogens with zero attached hydrogens (tertiary/aromatic N) is 3. The van der Waals surface area contributed by atoms with Crippen molar-refractivity contribution in [3.63, 3.8) is 0 Å². The highest BCUT2D eigenvalue weighted by atomic mass is 19.1. The number of methoxy groups -OCH3 is 2. The van der Waals surface area contributed by atoms with Crippen molar-refractivity contribution in [1.82, 2.24) is 9.78 Å². The molecule has 0 fully saturated rings. The van der Waals surface area contributed by atoms with Gasteiger partial charge in [0.2, 0.25) is 0 Å². The monoisotopic (exact) mass is 418 g/mol. The SMILES string of the molecule is COCC1(COC)Oc2ccc(F)cc2[C@@H](Nc2ccc(=O)n(CCC#N)n2)[C@@H]1O. The predicted molar refractivity (Wildman–Crippen MR) is 105 cm³/mol. The highest BCUT2D eigenvalue weighted by Gasteiger charge is 2.50. The number of anilines is 1. The molecular formula is C20H23FN4O5. The molecule has 2 aromatic rings. The lowest BCUT2D eigenvalue weighted by Gasteiger charge is -2.45. The number of hydrogen-bond acceptors (Lipinski definition) is 8. The van der Waals surface area contributed by atoms with E-state index < -0.39 is 23.6 Å². The molecule has 9 nitrogen and oxygen atoms in total. The molecule has 0 unspecified atom stereocenters. The third-order valence-electron chi connectivity index (χ3n) is 4.86. The Labute approximate surface area is 172 Å². The predicted octanol–water partition coefficient (Wildman–Crippen LogP) is 1.23. The van der Waals surface area contributed by atoms with Crippen LogP contribution in [0.4, 0.5) is 10.2 Å². The zero-order chi connectivity index (χ0) is 21.7. The van der Waals surface area contributed by atoms with Crippen LogP contribution >= 0.6 is 0 Å². The summed E-state index contributed by atoms with van der Waals surface area (Å²) in [6.07, 6.45) is -1.08. The minimum Gasteiger partial charge on any atom is -0.479 e. The zero-order valence-electron chi connectivity index (χ0n) is 16.7. The summed E-state index contributed by atoms with van der Waals surface area (Å²) in [6, 6.07) is 7.91. The van der Waals surface area contributed by atoms with Gasteiger partial charge in [0.25, 0.3) is 5.56 Å². The lowest BCUT2D eigenvalue weighted by Crippen LogP contribution is -2.60. The molecule has 1 aliphatic rings. The number of aryl methyl sites for hydroxylation is 1. The van der Waals surface area contributed by atoms with E-state index in [9.17, 15) is 14.3 Å². The molecule has 3 rings (SSSR count). The maximum Gasteiger partial charge on any atom is 0.266 e. The molecule has 0 radical (unpaired) electrons. The number of benzene rings is 1. The largest absolute Gasteiger partial charge is 0.479 e. The molecule has 0 spiro atoms. The molecular weight excluding hydrogens is 395 g/mol. The van der Waals surface area contributed by atoms with Crippen LogP contribution < -0.4 is 15.6 Å². The van der Waals surface area contributed by atoms with E-state index in [1.807, 2.05) is 6.07 Å². The highest BCUT2D eigenvalue weighted by molar-refractivity contribution is 5.47. The van der Waals surface area contributed by atoms with Gasteiger partial charge in [0.1, 0.15) is 23.5 Å². The first kappa shape index (κ1) is 21.7. The highest BCUT2D eigenvalue weighted by Crippen LogP contribution is 2.42. The Hall–Kier alpha value is -3.00. The van der Waals surface area contributed by atoms with Crippen molar-refractivity contribution < 1.29 is 23.7 Å². The number of halogens is 1. The Morgan fingerprint density at radius 3 is 2.73 bits per heavy atom. The van der Waals surface area contributed by atoms with Crippen molar-refractivity contribution >= 4 is 5.82 Å². The van der Waals surface area contributed by atoms with Crippen LogP contribution in [-0.2, 0) is 16.0 Å². The summed E-state index contributed by atoms with van der Waals surface area (Å²) in [6.45, 7) is 0.169. The van der Waals surface area contributed by atoms with Gasteiger partial charge in [-0.2, -0.15) is 10.4 Å². The Balaban J connectivity index is 2.02. The molecule has 30 heavy (non-hydrogen) atoms. The van der Waals surface area contributed by atoms with Gasteiger partial charge < -0.3 is 24.6 Å². The molecule has 0 aliphatic carbocycles. The number of nitriles is 1. The summed E-state index contributed by atoms with van der Waals surface area (Å²) in [4.78, 5) is 12.0. The van der Waals surface area contributed by atoms with Crippen molar-refractivity contribution in [1.29, 1.82) is 5.26 Å². The summed E-state index contributed by atoms with van der Waals surface area (Å²) in [7, 11) is 2.95. The van der Waals surface area contributed by atoms with Gasteiger partial charge in [-0.1, -0.05) is 0 Å². The molecule has 0 amide bonds. The molecule has 0 bridgehead atoms. The maximum atomic E-state index is 14.0. The summed E-state index contributed by atoms with van der Waals surface area (Å²) in [5.74, 6) is 0.151. The number of hydrogen-bond donors (Lipinski definition) is 2. The topological polar surface area (TPSA) is 119 Å². The van der Waals surface area contributed by atoms with Gasteiger partial charge in [-0.3, -0.25) is 4.79 Å². The number of aliphatic hydroxyl groups excluding tert-OH is 1. The first-order valence-electron chi connectivity index (χ1n) is 9.30. The molecule has 10 heteroatoms. The second kappa shape index (κ2) is 9.21. The van der Waals surface area contributed by atoms with E-state index in [4.69, 9.17) is 19.5 Å². The molecule has 160 valence electrons. The normalized spacial score (nSPS) is 19.4. The van der Waals surface area contributed by atoms with Crippen molar-refractivity contribution in [2.45, 2.75) is 30.7 Å². The third-order valence-corrected chi connectivity index (χ3v) is 4.86. The van der Waals surface area contributed by atoms with Gasteiger partial charge in [-0.05, 0) is 24.3 Å². The van der Waals surface area contributed by atoms with E-state index >= 15 is 0 Å². The lowest BCUT2D eigenvalue weighted by molar-refractivity contribution is -0.142. The van der Waals surface area contributed by atoms with Gasteiger partial charge in [0.05, 0.1) is 38.3 Å². The van der Waals surface area contributed by atoms with E-state index in [0.717, 1.165) is 4.68 Å². The van der Waals surface area contributed by atoms with Crippen LogP contribution in [-0.4, -0.2) is 54.0 Å². The van der Waals surface area contributed by atoms with Gasteiger partial charge in [0, 0.05) is 25.8 Å². The number of fused-ring (bicyclic) bond motifs is 1. The molecule has 2 atom stereocenters. The van der Waals surface area contributed by atoms with Gasteiger partial charge in [-0.25, -0.2) is 9.07 Å². The van der Waals surface area contributed by atoms with Crippen molar-refractivity contribution in [3.8, 4) is 11.8 Å². The average molecular weight is 418 g/mol. The first-order chi connectivity index (χ1) is 14.4. The quantitative estimate of drug-likeness (QED) is 0.657. The fraction of sp³-hybridized carbons (Fsp3) is 0.450. The lowest BCUT2D eigenvalue weighted by atomic mass is 9.84. The second-order valence-electron chi connectivity index (χ2n) is 6.97. The van der Waals surface area contributed by atoms with E-state index in [1.165, 1.54) is 44.6 Å². The average Bonchev–Trinajstić information content (AvgIpc) is 2.72. The fourth-order valence-electron chi connectivity index (χ4n) is 3.53. The molecule has 1 aromatic heterocycles. The van der Waals surface area contributed by atoms with Crippen molar-refractivity contribution in [2.24, 2.45) is 0 Å². The summed E-state index contributed by atoms with van der Waals surface area (Å²) in [5, 5.41) is 27.2. The number of aromatic nitrogens is 2. The molecule has 2 heterocycles. The fourth-order valence-corrected chi connectivity index (χ4v) is 3.53. The smallest absolute Gasteiger partial charge is 0.266 e. The standard InChI is InChI=1S/C20H23FN4O5/c1-28-11-20(12-29-2)19(27)18(14-10-13(21)4-5-15(14)30-20)23-16-6-7-17(26)25(24-16)9-3-8-22/h4-7,10,18-19,27H,3,9,11-12H2,1-2H3,(H,23,24)/t18-,19+/m1/s1. The van der Waals surface area contributed by atoms with Crippen LogP contribution in [0.25, 0.3) is 0 Å². The van der Waals surface area contributed by atoms with E-state index in [0.29, 0.717) is 11.3 Å². The minimum absolute atomic E-state index is 0.0199. The minimum atomic E-state index is -1.25. The molecule has 2 N–H and O–H groups in total. The number of rotatable bonds is 8. The first-order valence-corrected chi connectivity index (χ1v) is 9.30. The Bertz CT molecular complexity index is 984. The summed E-state index contributed by atoms with van der Waals surface area (Å²) < 4.78 is 31.7. The zero-order valence-corrected chi connectivity index (χ0v) is 16.7. The molecule has 0 saturated carbocycles. The summed E-state index contributed by atoms with van der Waals surface area (Å²) in [5.41, 5.74) is -1.22. The van der Waals surface area contributed by atoms with Gasteiger partial charge >= 0.3 is 0 Å². The van der Waals surface area contributed by atoms with Crippen LogP contribution in [0.2, 0.25) is 0 Å². The number of nitrogens with one attached hydrogen (secondary N) is 1. The summed E-state index contributed by atoms with van der Waals surface area (Å²) >= 11 is 0. The van der Waals surface area contributed by atoms with Crippen LogP contribution in [0.1, 0.15) is 18.0 Å². The van der Waals surface area contributed by atoms with Crippen molar-refractivity contribution in [2.75, 3.05) is 32.8 Å². The number of aliphatic hydroxyl groups is 1. The van der Waals surface area contributed by atoms with Crippen LogP contribution in [0.5, 0.6) is 5.75 Å². The van der Waals surface area contributed by atoms with E-state index in [2.05, 4.69) is 10.4 Å². The third kappa shape index (κ3) is 4.28. The van der Waals surface area contributed by atoms with Gasteiger partial charge in [0.15, 0.2) is 5.60 Å². The van der Waals surface area contributed by atoms with Crippen LogP contribution in [0, 0.1) is 17.1 Å².